The largest absolute Gasteiger partial charge is 0.493 e. The highest BCUT2D eigenvalue weighted by molar-refractivity contribution is 5.29. The van der Waals surface area contributed by atoms with Crippen LogP contribution in [0, 0.1) is 5.41 Å². The van der Waals surface area contributed by atoms with Crippen LogP contribution in [0.15, 0.2) is 24.3 Å². The van der Waals surface area contributed by atoms with Crippen molar-refractivity contribution in [3.8, 4) is 5.75 Å². The second-order valence-electron chi connectivity index (χ2n) is 5.29. The predicted molar refractivity (Wildman–Crippen MR) is 66.2 cm³/mol. The first kappa shape index (κ1) is 12.4. The van der Waals surface area contributed by atoms with Gasteiger partial charge in [-0.3, -0.25) is 0 Å². The van der Waals surface area contributed by atoms with E-state index < -0.39 is 0 Å². The maximum absolute atomic E-state index is 9.35. The van der Waals surface area contributed by atoms with Gasteiger partial charge in [0.25, 0.3) is 0 Å². The summed E-state index contributed by atoms with van der Waals surface area (Å²) in [5.74, 6) is 0.872. The molecule has 1 heterocycles. The Morgan fingerprint density at radius 1 is 1.47 bits per heavy atom. The van der Waals surface area contributed by atoms with Crippen molar-refractivity contribution in [2.75, 3.05) is 19.8 Å². The Bertz CT molecular complexity index is 369. The second-order valence-corrected chi connectivity index (χ2v) is 5.29. The molecule has 1 atom stereocenters. The highest BCUT2D eigenvalue weighted by atomic mass is 16.5. The molecule has 0 spiro atoms. The van der Waals surface area contributed by atoms with Crippen LogP contribution in [0.4, 0.5) is 0 Å². The van der Waals surface area contributed by atoms with Crippen molar-refractivity contribution in [3.63, 3.8) is 0 Å². The third-order valence-electron chi connectivity index (χ3n) is 2.92. The quantitative estimate of drug-likeness (QED) is 0.850. The zero-order valence-corrected chi connectivity index (χ0v) is 10.5. The van der Waals surface area contributed by atoms with E-state index in [1.807, 2.05) is 24.3 Å². The van der Waals surface area contributed by atoms with Gasteiger partial charge in [-0.15, -0.1) is 0 Å². The fraction of sp³-hybridized carbons (Fsp3) is 0.571. The Balaban J connectivity index is 1.91. The van der Waals surface area contributed by atoms with Gasteiger partial charge in [0.05, 0.1) is 25.9 Å². The molecule has 0 aromatic heterocycles. The Morgan fingerprint density at radius 3 is 2.82 bits per heavy atom. The van der Waals surface area contributed by atoms with E-state index in [-0.39, 0.29) is 11.5 Å². The molecule has 17 heavy (non-hydrogen) atoms. The van der Waals surface area contributed by atoms with Gasteiger partial charge in [0, 0.05) is 5.41 Å². The van der Waals surface area contributed by atoms with Crippen molar-refractivity contribution in [1.82, 2.24) is 0 Å². The molecule has 1 unspecified atom stereocenters. The van der Waals surface area contributed by atoms with Crippen molar-refractivity contribution in [3.05, 3.63) is 29.8 Å². The zero-order chi connectivity index (χ0) is 12.3. The highest BCUT2D eigenvalue weighted by Crippen LogP contribution is 2.27. The maximum Gasteiger partial charge on any atom is 0.119 e. The Labute approximate surface area is 102 Å². The minimum atomic E-state index is -0.317. The predicted octanol–water partition coefficient (Wildman–Crippen LogP) is 2.03. The van der Waals surface area contributed by atoms with Gasteiger partial charge in [-0.2, -0.15) is 0 Å². The van der Waals surface area contributed by atoms with E-state index in [1.54, 1.807) is 6.92 Å². The number of ether oxygens (including phenoxy) is 2. The average Bonchev–Trinajstić information content (AvgIpc) is 2.23. The van der Waals surface area contributed by atoms with Crippen LogP contribution in [0.2, 0.25) is 0 Å². The van der Waals surface area contributed by atoms with E-state index in [0.29, 0.717) is 13.0 Å². The molecule has 0 aliphatic carbocycles. The maximum atomic E-state index is 9.35. The summed E-state index contributed by atoms with van der Waals surface area (Å²) < 4.78 is 11.0. The van der Waals surface area contributed by atoms with Gasteiger partial charge in [-0.05, 0) is 31.0 Å². The topological polar surface area (TPSA) is 38.7 Å². The van der Waals surface area contributed by atoms with Crippen LogP contribution in [0.25, 0.3) is 0 Å². The minimum absolute atomic E-state index is 0.167. The molecule has 1 aromatic carbocycles. The third kappa shape index (κ3) is 3.45. The lowest BCUT2D eigenvalue weighted by Crippen LogP contribution is -2.44. The first-order chi connectivity index (χ1) is 8.07. The van der Waals surface area contributed by atoms with Gasteiger partial charge in [0.2, 0.25) is 0 Å². The van der Waals surface area contributed by atoms with Gasteiger partial charge in [0.15, 0.2) is 0 Å². The number of aliphatic hydroxyl groups is 1. The average molecular weight is 236 g/mol. The van der Waals surface area contributed by atoms with Crippen LogP contribution in [0.3, 0.4) is 0 Å². The summed E-state index contributed by atoms with van der Waals surface area (Å²) in [6.07, 6.45) is 0.347. The molecule has 0 radical (unpaired) electrons. The van der Waals surface area contributed by atoms with Crippen molar-refractivity contribution >= 4 is 0 Å². The van der Waals surface area contributed by atoms with E-state index in [4.69, 9.17) is 9.47 Å². The number of aliphatic hydroxyl groups excluding tert-OH is 1. The summed E-state index contributed by atoms with van der Waals surface area (Å²) >= 11 is 0. The highest BCUT2D eigenvalue weighted by Gasteiger charge is 2.34. The van der Waals surface area contributed by atoms with E-state index in [9.17, 15) is 5.11 Å². The molecule has 0 amide bonds. The van der Waals surface area contributed by atoms with Crippen LogP contribution >= 0.6 is 0 Å². The lowest BCUT2D eigenvalue weighted by molar-refractivity contribution is -0.120. The molecular formula is C14H20O3. The minimum Gasteiger partial charge on any atom is -0.493 e. The zero-order valence-electron chi connectivity index (χ0n) is 10.5. The van der Waals surface area contributed by atoms with Gasteiger partial charge in [0.1, 0.15) is 5.75 Å². The Morgan fingerprint density at radius 2 is 2.24 bits per heavy atom. The van der Waals surface area contributed by atoms with E-state index in [1.165, 1.54) is 0 Å². The summed E-state index contributed by atoms with van der Waals surface area (Å²) in [5, 5.41) is 9.35. The Hall–Kier alpha value is -1.06. The van der Waals surface area contributed by atoms with Crippen molar-refractivity contribution in [2.45, 2.75) is 26.4 Å². The lowest BCUT2D eigenvalue weighted by Gasteiger charge is -2.37. The molecule has 3 nitrogen and oxygen atoms in total. The van der Waals surface area contributed by atoms with Crippen LogP contribution in [0.1, 0.15) is 19.4 Å². The van der Waals surface area contributed by atoms with Crippen LogP contribution in [0.5, 0.6) is 5.75 Å². The normalized spacial score (nSPS) is 19.5. The molecule has 94 valence electrons. The fourth-order valence-electron chi connectivity index (χ4n) is 1.89. The molecule has 1 N–H and O–H groups in total. The van der Waals surface area contributed by atoms with Gasteiger partial charge < -0.3 is 14.6 Å². The molecule has 1 saturated heterocycles. The van der Waals surface area contributed by atoms with Crippen LogP contribution in [-0.2, 0) is 11.2 Å². The molecule has 0 saturated carbocycles. The van der Waals surface area contributed by atoms with E-state index in [0.717, 1.165) is 24.5 Å². The van der Waals surface area contributed by atoms with Crippen molar-refractivity contribution in [2.24, 2.45) is 5.41 Å². The van der Waals surface area contributed by atoms with Gasteiger partial charge >= 0.3 is 0 Å². The van der Waals surface area contributed by atoms with Crippen LogP contribution in [-0.4, -0.2) is 31.0 Å². The fourth-order valence-corrected chi connectivity index (χ4v) is 1.89. The standard InChI is InChI=1S/C14H20O3/c1-11(15)6-12-4-3-5-13(7-12)17-10-14(2)8-16-9-14/h3-5,7,11,15H,6,8-10H2,1-2H3. The van der Waals surface area contributed by atoms with Crippen LogP contribution < -0.4 is 4.74 Å². The molecule has 1 aliphatic heterocycles. The molecular weight excluding hydrogens is 216 g/mol. The summed E-state index contributed by atoms with van der Waals surface area (Å²) in [4.78, 5) is 0. The number of benzene rings is 1. The van der Waals surface area contributed by atoms with Gasteiger partial charge in [-0.1, -0.05) is 19.1 Å². The van der Waals surface area contributed by atoms with E-state index in [2.05, 4.69) is 6.92 Å². The van der Waals surface area contributed by atoms with E-state index >= 15 is 0 Å². The summed E-state index contributed by atoms with van der Waals surface area (Å²) in [6, 6.07) is 7.92. The molecule has 1 fully saturated rings. The molecule has 0 bridgehead atoms. The number of hydrogen-bond acceptors (Lipinski definition) is 3. The third-order valence-corrected chi connectivity index (χ3v) is 2.92. The smallest absolute Gasteiger partial charge is 0.119 e. The second kappa shape index (κ2) is 5.07. The number of hydrogen-bond donors (Lipinski definition) is 1. The Kier molecular flexibility index (Phi) is 3.69. The lowest BCUT2D eigenvalue weighted by atomic mass is 9.90. The van der Waals surface area contributed by atoms with Gasteiger partial charge in [-0.25, -0.2) is 0 Å². The monoisotopic (exact) mass is 236 g/mol. The molecule has 2 rings (SSSR count). The van der Waals surface area contributed by atoms with Crippen molar-refractivity contribution in [1.29, 1.82) is 0 Å². The molecule has 3 heteroatoms. The number of rotatable bonds is 5. The molecule has 1 aromatic rings. The SMILES string of the molecule is CC(O)Cc1cccc(OCC2(C)COC2)c1. The van der Waals surface area contributed by atoms with Crippen molar-refractivity contribution < 1.29 is 14.6 Å². The summed E-state index contributed by atoms with van der Waals surface area (Å²) in [7, 11) is 0. The summed E-state index contributed by atoms with van der Waals surface area (Å²) in [6.45, 7) is 6.20. The first-order valence-electron chi connectivity index (χ1n) is 6.05. The molecule has 1 aliphatic rings. The summed E-state index contributed by atoms with van der Waals surface area (Å²) in [5.41, 5.74) is 1.27. The first-order valence-corrected chi connectivity index (χ1v) is 6.05.